The van der Waals surface area contributed by atoms with Crippen molar-refractivity contribution < 1.29 is 18.8 Å². The van der Waals surface area contributed by atoms with E-state index in [0.717, 1.165) is 16.9 Å². The lowest BCUT2D eigenvalue weighted by Crippen LogP contribution is -2.39. The van der Waals surface area contributed by atoms with E-state index in [1.165, 1.54) is 41.0 Å². The van der Waals surface area contributed by atoms with Crippen molar-refractivity contribution in [3.8, 4) is 0 Å². The fourth-order valence-electron chi connectivity index (χ4n) is 3.72. The van der Waals surface area contributed by atoms with Gasteiger partial charge < -0.3 is 4.74 Å². The van der Waals surface area contributed by atoms with E-state index in [-0.39, 0.29) is 23.4 Å². The fourth-order valence-corrected chi connectivity index (χ4v) is 4.72. The summed E-state index contributed by atoms with van der Waals surface area (Å²) >= 11 is 1.16. The molecule has 8 nitrogen and oxygen atoms in total. The van der Waals surface area contributed by atoms with Crippen LogP contribution >= 0.6 is 11.3 Å². The standard InChI is InChI=1S/C25H20FN3O5S/c1-3-34-24(31)21-15(2)27-25-28(22(21)17-9-11-18(26)12-10-17)23(30)20(35-25)6-4-5-16-7-13-19(14-8-16)29(32)33/h4-14,22H,3H2,1-2H3/b5-4+,20-6-. The number of benzene rings is 2. The number of nitro groups is 1. The van der Waals surface area contributed by atoms with Gasteiger partial charge in [-0.1, -0.05) is 35.6 Å². The van der Waals surface area contributed by atoms with Crippen LogP contribution < -0.4 is 14.9 Å². The summed E-state index contributed by atoms with van der Waals surface area (Å²) in [4.78, 5) is 41.4. The Morgan fingerprint density at radius 2 is 1.91 bits per heavy atom. The van der Waals surface area contributed by atoms with Crippen LogP contribution in [0, 0.1) is 15.9 Å². The highest BCUT2D eigenvalue weighted by atomic mass is 32.1. The average Bonchev–Trinajstić information content (AvgIpc) is 3.14. The molecule has 0 saturated heterocycles. The minimum Gasteiger partial charge on any atom is -0.463 e. The Hall–Kier alpha value is -4.18. The molecule has 178 valence electrons. The fraction of sp³-hybridized carbons (Fsp3) is 0.160. The highest BCUT2D eigenvalue weighted by Gasteiger charge is 2.33. The molecule has 1 aliphatic heterocycles. The van der Waals surface area contributed by atoms with Crippen LogP contribution in [0.1, 0.15) is 31.0 Å². The molecule has 0 N–H and O–H groups in total. The van der Waals surface area contributed by atoms with Crippen LogP contribution in [0.15, 0.2) is 75.7 Å². The van der Waals surface area contributed by atoms with Crippen molar-refractivity contribution >= 4 is 35.1 Å². The van der Waals surface area contributed by atoms with E-state index in [1.54, 1.807) is 44.2 Å². The Labute approximate surface area is 202 Å². The molecule has 0 fully saturated rings. The van der Waals surface area contributed by atoms with Gasteiger partial charge in [0.05, 0.1) is 33.4 Å². The summed E-state index contributed by atoms with van der Waals surface area (Å²) < 4.78 is 20.6. The number of hydrogen-bond donors (Lipinski definition) is 0. The number of nitro benzene ring substituents is 1. The number of carbonyl (C=O) groups excluding carboxylic acids is 1. The Morgan fingerprint density at radius 1 is 1.23 bits per heavy atom. The van der Waals surface area contributed by atoms with Crippen LogP contribution in [0.4, 0.5) is 10.1 Å². The van der Waals surface area contributed by atoms with Crippen molar-refractivity contribution in [2.45, 2.75) is 19.9 Å². The number of halogens is 1. The second kappa shape index (κ2) is 9.98. The van der Waals surface area contributed by atoms with E-state index < -0.39 is 22.8 Å². The highest BCUT2D eigenvalue weighted by Crippen LogP contribution is 2.30. The second-order valence-corrected chi connectivity index (χ2v) is 8.59. The first-order valence-electron chi connectivity index (χ1n) is 10.7. The molecule has 2 heterocycles. The topological polar surface area (TPSA) is 104 Å². The maximum absolute atomic E-state index is 13.6. The zero-order valence-electron chi connectivity index (χ0n) is 18.8. The molecule has 0 radical (unpaired) electrons. The first-order valence-corrected chi connectivity index (χ1v) is 11.5. The number of nitrogens with zero attached hydrogens (tertiary/aromatic N) is 3. The lowest BCUT2D eigenvalue weighted by Gasteiger charge is -2.24. The van der Waals surface area contributed by atoms with Gasteiger partial charge in [0.1, 0.15) is 5.82 Å². The maximum atomic E-state index is 13.6. The minimum atomic E-state index is -0.813. The Balaban J connectivity index is 1.79. The quantitative estimate of drug-likeness (QED) is 0.297. The van der Waals surface area contributed by atoms with Crippen LogP contribution in [-0.2, 0) is 9.53 Å². The normalized spacial score (nSPS) is 15.7. The third-order valence-electron chi connectivity index (χ3n) is 5.34. The van der Waals surface area contributed by atoms with Crippen molar-refractivity contribution in [3.05, 3.63) is 113 Å². The van der Waals surface area contributed by atoms with Crippen molar-refractivity contribution in [1.82, 2.24) is 4.57 Å². The molecular formula is C25H20FN3O5S. The highest BCUT2D eigenvalue weighted by molar-refractivity contribution is 7.07. The summed E-state index contributed by atoms with van der Waals surface area (Å²) in [6, 6.07) is 10.8. The van der Waals surface area contributed by atoms with Crippen LogP contribution in [-0.4, -0.2) is 22.1 Å². The van der Waals surface area contributed by atoms with Gasteiger partial charge in [0.2, 0.25) is 0 Å². The molecule has 35 heavy (non-hydrogen) atoms. The lowest BCUT2D eigenvalue weighted by molar-refractivity contribution is -0.384. The third kappa shape index (κ3) is 4.87. The number of fused-ring (bicyclic) bond motifs is 1. The number of thiazole rings is 1. The van der Waals surface area contributed by atoms with Gasteiger partial charge >= 0.3 is 5.97 Å². The number of hydrogen-bond acceptors (Lipinski definition) is 7. The van der Waals surface area contributed by atoms with E-state index in [2.05, 4.69) is 4.99 Å². The van der Waals surface area contributed by atoms with Gasteiger partial charge in [0, 0.05) is 12.1 Å². The zero-order chi connectivity index (χ0) is 25.1. The van der Waals surface area contributed by atoms with Gasteiger partial charge in [-0.3, -0.25) is 19.5 Å². The van der Waals surface area contributed by atoms with Gasteiger partial charge in [-0.15, -0.1) is 0 Å². The van der Waals surface area contributed by atoms with Gasteiger partial charge in [-0.25, -0.2) is 14.2 Å². The van der Waals surface area contributed by atoms with Gasteiger partial charge in [0.15, 0.2) is 4.80 Å². The maximum Gasteiger partial charge on any atom is 0.338 e. The molecule has 2 aromatic carbocycles. The van der Waals surface area contributed by atoms with Gasteiger partial charge in [-0.05, 0) is 55.3 Å². The molecule has 3 aromatic rings. The summed E-state index contributed by atoms with van der Waals surface area (Å²) in [5.41, 5.74) is 1.56. The number of allylic oxidation sites excluding steroid dienone is 2. The number of aromatic nitrogens is 1. The molecule has 0 saturated carbocycles. The van der Waals surface area contributed by atoms with E-state index in [4.69, 9.17) is 4.74 Å². The van der Waals surface area contributed by atoms with Crippen molar-refractivity contribution in [2.75, 3.05) is 6.61 Å². The number of non-ortho nitro benzene ring substituents is 1. The number of rotatable bonds is 6. The van der Waals surface area contributed by atoms with Crippen molar-refractivity contribution in [3.63, 3.8) is 0 Å². The molecule has 10 heteroatoms. The second-order valence-electron chi connectivity index (χ2n) is 7.58. The van der Waals surface area contributed by atoms with Crippen molar-refractivity contribution in [2.24, 2.45) is 4.99 Å². The number of ether oxygens (including phenoxy) is 1. The molecule has 1 unspecified atom stereocenters. The molecule has 1 atom stereocenters. The smallest absolute Gasteiger partial charge is 0.338 e. The Bertz CT molecular complexity index is 1530. The largest absolute Gasteiger partial charge is 0.463 e. The first kappa shape index (κ1) is 24.0. The third-order valence-corrected chi connectivity index (χ3v) is 6.34. The average molecular weight is 494 g/mol. The summed E-state index contributed by atoms with van der Waals surface area (Å²) in [5.74, 6) is -1.02. The van der Waals surface area contributed by atoms with Gasteiger partial charge in [0.25, 0.3) is 11.2 Å². The minimum absolute atomic E-state index is 0.0102. The van der Waals surface area contributed by atoms with E-state index >= 15 is 0 Å². The van der Waals surface area contributed by atoms with Crippen LogP contribution in [0.2, 0.25) is 0 Å². The summed E-state index contributed by atoms with van der Waals surface area (Å²) in [6.07, 6.45) is 5.00. The van der Waals surface area contributed by atoms with E-state index in [0.29, 0.717) is 20.6 Å². The van der Waals surface area contributed by atoms with Crippen molar-refractivity contribution in [1.29, 1.82) is 0 Å². The van der Waals surface area contributed by atoms with Crippen LogP contribution in [0.25, 0.3) is 12.2 Å². The summed E-state index contributed by atoms with van der Waals surface area (Å²) in [6.45, 7) is 3.52. The van der Waals surface area contributed by atoms with E-state index in [9.17, 15) is 24.1 Å². The SMILES string of the molecule is CCOC(=O)C1=C(C)N=c2s/c(=C\C=C\c3ccc([N+](=O)[O-])cc3)c(=O)n2C1c1ccc(F)cc1. The van der Waals surface area contributed by atoms with Crippen LogP contribution in [0.3, 0.4) is 0 Å². The summed E-state index contributed by atoms with van der Waals surface area (Å²) in [5, 5.41) is 10.8. The molecule has 0 spiro atoms. The van der Waals surface area contributed by atoms with Gasteiger partial charge in [-0.2, -0.15) is 0 Å². The first-order chi connectivity index (χ1) is 16.8. The zero-order valence-corrected chi connectivity index (χ0v) is 19.6. The molecule has 4 rings (SSSR count). The predicted molar refractivity (Wildman–Crippen MR) is 130 cm³/mol. The molecule has 0 amide bonds. The molecule has 0 bridgehead atoms. The summed E-state index contributed by atoms with van der Waals surface area (Å²) in [7, 11) is 0. The molecular weight excluding hydrogens is 473 g/mol. The number of carbonyl (C=O) groups is 1. The molecule has 1 aliphatic rings. The molecule has 1 aromatic heterocycles. The monoisotopic (exact) mass is 493 g/mol. The number of esters is 1. The lowest BCUT2D eigenvalue weighted by atomic mass is 9.96. The predicted octanol–water partition coefficient (Wildman–Crippen LogP) is 3.51. The Kier molecular flexibility index (Phi) is 6.83. The van der Waals surface area contributed by atoms with Crippen LogP contribution in [0.5, 0.6) is 0 Å². The molecule has 0 aliphatic carbocycles. The Morgan fingerprint density at radius 3 is 2.54 bits per heavy atom. The van der Waals surface area contributed by atoms with E-state index in [1.807, 2.05) is 0 Å².